The van der Waals surface area contributed by atoms with Gasteiger partial charge in [0.05, 0.1) is 56.9 Å². The van der Waals surface area contributed by atoms with Crippen LogP contribution in [-0.4, -0.2) is 28.9 Å². The van der Waals surface area contributed by atoms with Crippen LogP contribution >= 0.6 is 0 Å². The van der Waals surface area contributed by atoms with E-state index in [0.29, 0.717) is 54.1 Å². The number of benzene rings is 4. The van der Waals surface area contributed by atoms with E-state index in [1.165, 1.54) is 24.3 Å². The van der Waals surface area contributed by atoms with Gasteiger partial charge in [-0.25, -0.2) is 9.97 Å². The molecule has 0 bridgehead atoms. The molecule has 216 valence electrons. The fourth-order valence-electron chi connectivity index (χ4n) is 4.85. The van der Waals surface area contributed by atoms with Crippen LogP contribution in [0.4, 0.5) is 11.4 Å². The molecule has 0 aliphatic rings. The predicted molar refractivity (Wildman–Crippen MR) is 164 cm³/mol. The first-order chi connectivity index (χ1) is 21.4. The molecule has 0 atom stereocenters. The molecule has 0 aliphatic carbocycles. The van der Waals surface area contributed by atoms with E-state index in [1.807, 2.05) is 69.8 Å². The van der Waals surface area contributed by atoms with Gasteiger partial charge in [0, 0.05) is 48.5 Å². The molecule has 44 heavy (non-hydrogen) atoms. The third kappa shape index (κ3) is 6.10. The third-order valence-corrected chi connectivity index (χ3v) is 6.84. The lowest BCUT2D eigenvalue weighted by atomic mass is 10.2. The van der Waals surface area contributed by atoms with E-state index in [2.05, 4.69) is 22.1 Å². The van der Waals surface area contributed by atoms with Gasteiger partial charge in [-0.15, -0.1) is 0 Å². The minimum atomic E-state index is -0.435. The molecule has 0 unspecified atom stereocenters. The topological polar surface area (TPSA) is 170 Å². The van der Waals surface area contributed by atoms with Crippen molar-refractivity contribution in [3.8, 4) is 34.9 Å². The monoisotopic (exact) mass is 584 g/mol. The third-order valence-electron chi connectivity index (χ3n) is 6.84. The highest BCUT2D eigenvalue weighted by molar-refractivity contribution is 5.83. The average molecular weight is 585 g/mol. The van der Waals surface area contributed by atoms with Crippen LogP contribution in [-0.2, 0) is 13.1 Å². The van der Waals surface area contributed by atoms with E-state index in [4.69, 9.17) is 10.5 Å². The molecular weight excluding hydrogens is 560 g/mol. The van der Waals surface area contributed by atoms with Crippen LogP contribution in [0.25, 0.3) is 44.8 Å². The van der Waals surface area contributed by atoms with Crippen molar-refractivity contribution in [2.45, 2.75) is 25.9 Å². The molecule has 0 radical (unpaired) electrons. The maximum Gasteiger partial charge on any atom is 0.271 e. The predicted octanol–water partition coefficient (Wildman–Crippen LogP) is 7.05. The van der Waals surface area contributed by atoms with Crippen LogP contribution in [0.5, 0.6) is 0 Å². The second kappa shape index (κ2) is 13.1. The van der Waals surface area contributed by atoms with Crippen LogP contribution in [0.3, 0.4) is 0 Å². The van der Waals surface area contributed by atoms with Gasteiger partial charge in [-0.3, -0.25) is 20.2 Å². The summed E-state index contributed by atoms with van der Waals surface area (Å²) in [5.74, 6) is 1.43. The lowest BCUT2D eigenvalue weighted by molar-refractivity contribution is -0.384. The maximum absolute atomic E-state index is 11.0. The molecule has 0 aliphatic heterocycles. The molecule has 0 spiro atoms. The smallest absolute Gasteiger partial charge is 0.271 e. The Labute approximate surface area is 251 Å². The highest BCUT2D eigenvalue weighted by Gasteiger charge is 2.17. The van der Waals surface area contributed by atoms with Crippen molar-refractivity contribution in [3.63, 3.8) is 0 Å². The summed E-state index contributed by atoms with van der Waals surface area (Å²) in [5, 5.41) is 39.6. The maximum atomic E-state index is 11.0. The number of aromatic nitrogens is 4. The van der Waals surface area contributed by atoms with Crippen molar-refractivity contribution in [3.05, 3.63) is 117 Å². The summed E-state index contributed by atoms with van der Waals surface area (Å²) in [4.78, 5) is 30.1. The zero-order valence-corrected chi connectivity index (χ0v) is 23.3. The summed E-state index contributed by atoms with van der Waals surface area (Å²) in [6.07, 6.45) is 0.663. The van der Waals surface area contributed by atoms with Gasteiger partial charge in [-0.1, -0.05) is 60.7 Å². The Morgan fingerprint density at radius 3 is 1.61 bits per heavy atom. The molecule has 0 fully saturated rings. The molecule has 0 saturated carbocycles. The average Bonchev–Trinajstić information content (AvgIpc) is 3.61. The first-order valence-corrected chi connectivity index (χ1v) is 13.6. The highest BCUT2D eigenvalue weighted by atomic mass is 16.6. The summed E-state index contributed by atoms with van der Waals surface area (Å²) in [7, 11) is 0. The lowest BCUT2D eigenvalue weighted by Crippen LogP contribution is -2.00. The number of imidazole rings is 2. The first kappa shape index (κ1) is 29.1. The number of non-ortho nitro benzene ring substituents is 2. The van der Waals surface area contributed by atoms with E-state index in [9.17, 15) is 20.2 Å². The summed E-state index contributed by atoms with van der Waals surface area (Å²) >= 11 is 0. The summed E-state index contributed by atoms with van der Waals surface area (Å²) in [6.45, 7) is 0.938. The molecule has 12 heteroatoms. The van der Waals surface area contributed by atoms with E-state index in [-0.39, 0.29) is 11.4 Å². The number of hydrogen-bond donors (Lipinski definition) is 0. The fourth-order valence-corrected chi connectivity index (χ4v) is 4.85. The van der Waals surface area contributed by atoms with Crippen molar-refractivity contribution >= 4 is 33.4 Å². The van der Waals surface area contributed by atoms with Gasteiger partial charge >= 0.3 is 0 Å². The summed E-state index contributed by atoms with van der Waals surface area (Å²) < 4.78 is 3.79. The number of fused-ring (bicyclic) bond motifs is 2. The van der Waals surface area contributed by atoms with Crippen molar-refractivity contribution in [1.82, 2.24) is 19.1 Å². The number of aryl methyl sites for hydroxylation is 2. The van der Waals surface area contributed by atoms with Crippen LogP contribution in [0.2, 0.25) is 0 Å². The van der Waals surface area contributed by atoms with Crippen LogP contribution in [0.1, 0.15) is 12.8 Å². The molecular formula is C32H24N8O4. The Bertz CT molecular complexity index is 2020. The molecule has 0 saturated heterocycles. The largest absolute Gasteiger partial charge is 0.323 e. The van der Waals surface area contributed by atoms with Gasteiger partial charge in [0.1, 0.15) is 11.6 Å². The highest BCUT2D eigenvalue weighted by Crippen LogP contribution is 2.29. The molecule has 6 aromatic rings. The molecule has 0 amide bonds. The molecule has 0 N–H and O–H groups in total. The van der Waals surface area contributed by atoms with Crippen molar-refractivity contribution in [2.24, 2.45) is 0 Å². The van der Waals surface area contributed by atoms with Gasteiger partial charge < -0.3 is 9.13 Å². The van der Waals surface area contributed by atoms with E-state index in [1.54, 1.807) is 12.1 Å². The van der Waals surface area contributed by atoms with Gasteiger partial charge in [-0.2, -0.15) is 10.5 Å². The number of nitrogens with zero attached hydrogens (tertiary/aromatic N) is 8. The molecule has 2 heterocycles. The van der Waals surface area contributed by atoms with Crippen LogP contribution in [0.15, 0.2) is 97.1 Å². The van der Waals surface area contributed by atoms with Crippen molar-refractivity contribution in [1.29, 1.82) is 10.5 Å². The minimum Gasteiger partial charge on any atom is -0.323 e. The van der Waals surface area contributed by atoms with Crippen molar-refractivity contribution < 1.29 is 9.85 Å². The Kier molecular flexibility index (Phi) is 8.64. The summed E-state index contributed by atoms with van der Waals surface area (Å²) in [5.41, 5.74) is 4.57. The first-order valence-electron chi connectivity index (χ1n) is 13.6. The fraction of sp³-hybridized carbons (Fsp3) is 0.125. The zero-order valence-electron chi connectivity index (χ0n) is 23.3. The van der Waals surface area contributed by atoms with Gasteiger partial charge in [0.25, 0.3) is 11.4 Å². The summed E-state index contributed by atoms with van der Waals surface area (Å²) in [6, 6.07) is 32.6. The number of nitriles is 2. The van der Waals surface area contributed by atoms with E-state index >= 15 is 0 Å². The zero-order chi connectivity index (χ0) is 31.1. The number of nitro benzene ring substituents is 2. The van der Waals surface area contributed by atoms with E-state index < -0.39 is 9.85 Å². The van der Waals surface area contributed by atoms with E-state index in [0.717, 1.165) is 16.6 Å². The number of nitro groups is 2. The standard InChI is InChI=1S/2C16H12N4O2/c17-9-4-10-19-15-8-7-13(20(21)22)11-14(15)18-16(19)12-5-2-1-3-6-12;17-9-4-10-19-15-11-13(20(21)22)7-8-14(15)18-16(19)12-5-2-1-3-6-12/h2*1-3,5-8,11H,4,10H2. The Morgan fingerprint density at radius 2 is 1.09 bits per heavy atom. The van der Waals surface area contributed by atoms with Gasteiger partial charge in [0.2, 0.25) is 0 Å². The molecule has 4 aromatic carbocycles. The van der Waals surface area contributed by atoms with Gasteiger partial charge in [-0.05, 0) is 12.1 Å². The lowest BCUT2D eigenvalue weighted by Gasteiger charge is -2.06. The second-order valence-corrected chi connectivity index (χ2v) is 9.58. The Hall–Kier alpha value is -6.40. The number of rotatable bonds is 8. The number of hydrogen-bond acceptors (Lipinski definition) is 8. The van der Waals surface area contributed by atoms with Crippen LogP contribution < -0.4 is 0 Å². The Balaban J connectivity index is 0.000000175. The normalized spacial score (nSPS) is 10.5. The van der Waals surface area contributed by atoms with Crippen molar-refractivity contribution in [2.75, 3.05) is 0 Å². The van der Waals surface area contributed by atoms with Gasteiger partial charge in [0.15, 0.2) is 0 Å². The molecule has 12 nitrogen and oxygen atoms in total. The molecule has 2 aromatic heterocycles. The molecule has 6 rings (SSSR count). The Morgan fingerprint density at radius 1 is 0.614 bits per heavy atom. The SMILES string of the molecule is N#CCCn1c(-c2ccccc2)nc2cc([N+](=O)[O-])ccc21.N#CCCn1c(-c2ccccc2)nc2ccc([N+](=O)[O-])cc21. The quantitative estimate of drug-likeness (QED) is 0.135. The minimum absolute atomic E-state index is 0.0112. The van der Waals surface area contributed by atoms with Crippen LogP contribution in [0, 0.1) is 42.9 Å². The second-order valence-electron chi connectivity index (χ2n) is 9.58.